The fourth-order valence-corrected chi connectivity index (χ4v) is 3.24. The van der Waals surface area contributed by atoms with Crippen molar-refractivity contribution in [2.24, 2.45) is 5.73 Å². The maximum absolute atomic E-state index is 11.8. The highest BCUT2D eigenvalue weighted by atomic mass is 32.2. The highest BCUT2D eigenvalue weighted by molar-refractivity contribution is 7.92. The molecule has 0 saturated carbocycles. The molecule has 2 rings (SSSR count). The summed E-state index contributed by atoms with van der Waals surface area (Å²) in [6, 6.07) is 6.80. The molecule has 0 atom stereocenters. The lowest BCUT2D eigenvalue weighted by molar-refractivity contribution is -0.113. The highest BCUT2D eigenvalue weighted by Crippen LogP contribution is 2.18. The Labute approximate surface area is 134 Å². The van der Waals surface area contributed by atoms with E-state index < -0.39 is 21.5 Å². The number of aromatic nitrogens is 3. The average Bonchev–Trinajstić information content (AvgIpc) is 2.96. The maximum atomic E-state index is 11.8. The number of nitrogens with one attached hydrogen (secondary N) is 2. The minimum absolute atomic E-state index is 0.00760. The van der Waals surface area contributed by atoms with E-state index in [1.165, 1.54) is 0 Å². The minimum atomic E-state index is -3.35. The number of carbonyl (C=O) groups is 1. The summed E-state index contributed by atoms with van der Waals surface area (Å²) in [7, 11) is -3.35. The summed E-state index contributed by atoms with van der Waals surface area (Å²) in [5.41, 5.74) is 6.74. The Hall–Kier alpha value is -2.26. The number of amides is 1. The minimum Gasteiger partial charge on any atom is -0.325 e. The predicted molar refractivity (Wildman–Crippen MR) is 87.3 cm³/mol. The molecule has 0 aliphatic heterocycles. The standard InChI is InChI=1S/C14H19N5O3S/c1-2-7-23(21,22)9-13(20)16-11-5-3-10(4-6-11)14-17-12(8-15)18-19-14/h3-6H,2,7-9,15H2,1H3,(H,16,20)(H,17,18,19). The van der Waals surface area contributed by atoms with Gasteiger partial charge in [-0.2, -0.15) is 5.10 Å². The van der Waals surface area contributed by atoms with Crippen LogP contribution in [0.5, 0.6) is 0 Å². The van der Waals surface area contributed by atoms with Crippen molar-refractivity contribution in [1.29, 1.82) is 0 Å². The van der Waals surface area contributed by atoms with Gasteiger partial charge in [0.15, 0.2) is 15.7 Å². The van der Waals surface area contributed by atoms with E-state index in [9.17, 15) is 13.2 Å². The molecule has 0 spiro atoms. The number of nitrogens with two attached hydrogens (primary N) is 1. The lowest BCUT2D eigenvalue weighted by atomic mass is 10.2. The number of rotatable bonds is 7. The second-order valence-corrected chi connectivity index (χ2v) is 7.21. The molecular formula is C14H19N5O3S. The summed E-state index contributed by atoms with van der Waals surface area (Å²) in [6.07, 6.45) is 0.492. The van der Waals surface area contributed by atoms with Gasteiger partial charge in [0.25, 0.3) is 0 Å². The third kappa shape index (κ3) is 4.86. The van der Waals surface area contributed by atoms with Crippen molar-refractivity contribution in [2.45, 2.75) is 19.9 Å². The van der Waals surface area contributed by atoms with E-state index in [1.807, 2.05) is 0 Å². The second kappa shape index (κ2) is 7.34. The largest absolute Gasteiger partial charge is 0.325 e. The number of anilines is 1. The quantitative estimate of drug-likeness (QED) is 0.681. The van der Waals surface area contributed by atoms with E-state index in [4.69, 9.17) is 5.73 Å². The van der Waals surface area contributed by atoms with Crippen LogP contribution < -0.4 is 11.1 Å². The zero-order valence-corrected chi connectivity index (χ0v) is 13.6. The first-order valence-electron chi connectivity index (χ1n) is 7.15. The van der Waals surface area contributed by atoms with Crippen LogP contribution in [0.3, 0.4) is 0 Å². The molecule has 9 heteroatoms. The lowest BCUT2D eigenvalue weighted by Crippen LogP contribution is -2.24. The van der Waals surface area contributed by atoms with Crippen molar-refractivity contribution in [3.05, 3.63) is 30.1 Å². The van der Waals surface area contributed by atoms with Crippen LogP contribution in [-0.4, -0.2) is 41.0 Å². The third-order valence-corrected chi connectivity index (χ3v) is 4.75. The van der Waals surface area contributed by atoms with Crippen molar-refractivity contribution >= 4 is 21.4 Å². The number of nitrogens with zero attached hydrogens (tertiary/aromatic N) is 2. The van der Waals surface area contributed by atoms with Gasteiger partial charge in [-0.1, -0.05) is 6.92 Å². The molecule has 0 aliphatic rings. The molecule has 0 fully saturated rings. The van der Waals surface area contributed by atoms with E-state index in [0.717, 1.165) is 5.56 Å². The van der Waals surface area contributed by atoms with E-state index in [0.29, 0.717) is 23.8 Å². The molecular weight excluding hydrogens is 318 g/mol. The first-order valence-corrected chi connectivity index (χ1v) is 8.97. The van der Waals surface area contributed by atoms with Gasteiger partial charge in [0.05, 0.1) is 12.3 Å². The van der Waals surface area contributed by atoms with Gasteiger partial charge >= 0.3 is 0 Å². The molecule has 23 heavy (non-hydrogen) atoms. The van der Waals surface area contributed by atoms with Crippen LogP contribution in [0.15, 0.2) is 24.3 Å². The molecule has 0 saturated heterocycles. The molecule has 124 valence electrons. The van der Waals surface area contributed by atoms with E-state index in [2.05, 4.69) is 20.5 Å². The first-order chi connectivity index (χ1) is 10.9. The van der Waals surface area contributed by atoms with Crippen molar-refractivity contribution in [3.63, 3.8) is 0 Å². The fourth-order valence-electron chi connectivity index (χ4n) is 2.00. The average molecular weight is 337 g/mol. The number of sulfone groups is 1. The molecule has 1 aromatic heterocycles. The van der Waals surface area contributed by atoms with E-state index >= 15 is 0 Å². The molecule has 0 bridgehead atoms. The lowest BCUT2D eigenvalue weighted by Gasteiger charge is -2.06. The summed E-state index contributed by atoms with van der Waals surface area (Å²) < 4.78 is 23.2. The normalized spacial score (nSPS) is 11.4. The van der Waals surface area contributed by atoms with Crippen molar-refractivity contribution in [2.75, 3.05) is 16.8 Å². The van der Waals surface area contributed by atoms with Gasteiger partial charge in [-0.15, -0.1) is 0 Å². The predicted octanol–water partition coefficient (Wildman–Crippen LogP) is 0.694. The Morgan fingerprint density at radius 3 is 2.57 bits per heavy atom. The number of carbonyl (C=O) groups excluding carboxylic acids is 1. The van der Waals surface area contributed by atoms with Crippen LogP contribution in [0, 0.1) is 0 Å². The summed E-state index contributed by atoms with van der Waals surface area (Å²) in [5.74, 6) is 0.0405. The third-order valence-electron chi connectivity index (χ3n) is 3.02. The zero-order valence-electron chi connectivity index (χ0n) is 12.7. The van der Waals surface area contributed by atoms with Crippen molar-refractivity contribution < 1.29 is 13.2 Å². The molecule has 0 radical (unpaired) electrons. The molecule has 0 aliphatic carbocycles. The van der Waals surface area contributed by atoms with E-state index in [-0.39, 0.29) is 12.3 Å². The maximum Gasteiger partial charge on any atom is 0.239 e. The monoisotopic (exact) mass is 337 g/mol. The summed E-state index contributed by atoms with van der Waals surface area (Å²) in [4.78, 5) is 16.0. The number of benzene rings is 1. The van der Waals surface area contributed by atoms with Gasteiger partial charge in [-0.3, -0.25) is 9.89 Å². The number of H-pyrrole nitrogens is 1. The summed E-state index contributed by atoms with van der Waals surface area (Å²) >= 11 is 0. The molecule has 1 aromatic carbocycles. The Kier molecular flexibility index (Phi) is 5.45. The van der Waals surface area contributed by atoms with Gasteiger partial charge in [0.2, 0.25) is 5.91 Å². The molecule has 8 nitrogen and oxygen atoms in total. The molecule has 1 heterocycles. The van der Waals surface area contributed by atoms with Gasteiger partial charge in [-0.25, -0.2) is 13.4 Å². The fraction of sp³-hybridized carbons (Fsp3) is 0.357. The van der Waals surface area contributed by atoms with Gasteiger partial charge in [0, 0.05) is 11.3 Å². The van der Waals surface area contributed by atoms with Crippen LogP contribution in [0.4, 0.5) is 5.69 Å². The Morgan fingerprint density at radius 1 is 1.30 bits per heavy atom. The first kappa shape index (κ1) is 17.1. The molecule has 2 aromatic rings. The van der Waals surface area contributed by atoms with Crippen LogP contribution >= 0.6 is 0 Å². The van der Waals surface area contributed by atoms with Crippen molar-refractivity contribution in [1.82, 2.24) is 15.2 Å². The van der Waals surface area contributed by atoms with Gasteiger partial charge < -0.3 is 11.1 Å². The second-order valence-electron chi connectivity index (χ2n) is 5.03. The van der Waals surface area contributed by atoms with E-state index in [1.54, 1.807) is 31.2 Å². The van der Waals surface area contributed by atoms with Gasteiger partial charge in [0.1, 0.15) is 11.6 Å². The molecule has 1 amide bonds. The summed E-state index contributed by atoms with van der Waals surface area (Å²) in [5, 5.41) is 9.31. The number of hydrogen-bond donors (Lipinski definition) is 3. The molecule has 4 N–H and O–H groups in total. The van der Waals surface area contributed by atoms with Crippen LogP contribution in [0.1, 0.15) is 19.2 Å². The van der Waals surface area contributed by atoms with Gasteiger partial charge in [-0.05, 0) is 30.7 Å². The number of hydrogen-bond acceptors (Lipinski definition) is 6. The zero-order chi connectivity index (χ0) is 16.9. The van der Waals surface area contributed by atoms with Crippen LogP contribution in [0.25, 0.3) is 11.4 Å². The Bertz CT molecular complexity index is 768. The smallest absolute Gasteiger partial charge is 0.239 e. The van der Waals surface area contributed by atoms with Crippen molar-refractivity contribution in [3.8, 4) is 11.4 Å². The van der Waals surface area contributed by atoms with Crippen LogP contribution in [-0.2, 0) is 21.2 Å². The summed E-state index contributed by atoms with van der Waals surface area (Å²) in [6.45, 7) is 2.03. The highest BCUT2D eigenvalue weighted by Gasteiger charge is 2.15. The number of aromatic amines is 1. The Morgan fingerprint density at radius 2 is 2.00 bits per heavy atom. The molecule has 0 unspecified atom stereocenters. The SMILES string of the molecule is CCCS(=O)(=O)CC(=O)Nc1ccc(-c2n[nH]c(CN)n2)cc1. The topological polar surface area (TPSA) is 131 Å². The Balaban J connectivity index is 2.01. The van der Waals surface area contributed by atoms with Crippen LogP contribution in [0.2, 0.25) is 0 Å².